The standard InChI is InChI=1S/C22H31N5O3/c1-13-6-17(15-8-19(29-2)21(30-3)25-10-15)26-18-12-27(22(28)20(13)18)16-7-14(4-5-23)9-24-11-16/h9-10,13-17,19-21H,4,6-8,11-12H2,1-3H3. The topological polar surface area (TPSA) is 99.6 Å². The van der Waals surface area contributed by atoms with E-state index < -0.39 is 0 Å². The molecular weight excluding hydrogens is 382 g/mol. The fourth-order valence-electron chi connectivity index (χ4n) is 5.44. The van der Waals surface area contributed by atoms with Gasteiger partial charge < -0.3 is 14.4 Å². The molecule has 0 aromatic rings. The first kappa shape index (κ1) is 21.1. The zero-order chi connectivity index (χ0) is 21.3. The van der Waals surface area contributed by atoms with Crippen LogP contribution in [0, 0.1) is 35.0 Å². The predicted octanol–water partition coefficient (Wildman–Crippen LogP) is 1.75. The minimum atomic E-state index is -0.260. The number of amides is 1. The van der Waals surface area contributed by atoms with Gasteiger partial charge in [0.15, 0.2) is 6.23 Å². The molecular formula is C22H31N5O3. The zero-order valence-electron chi connectivity index (χ0n) is 18.0. The van der Waals surface area contributed by atoms with Gasteiger partial charge in [0.1, 0.15) is 6.10 Å². The molecule has 0 spiro atoms. The summed E-state index contributed by atoms with van der Waals surface area (Å²) >= 11 is 0. The van der Waals surface area contributed by atoms with Crippen molar-refractivity contribution in [3.05, 3.63) is 0 Å². The fraction of sp³-hybridized carbons (Fsp3) is 0.773. The molecule has 4 heterocycles. The van der Waals surface area contributed by atoms with Gasteiger partial charge in [-0.15, -0.1) is 0 Å². The summed E-state index contributed by atoms with van der Waals surface area (Å²) in [6, 6.07) is 2.41. The Balaban J connectivity index is 1.50. The number of nitriles is 1. The normalized spacial score (nSPS) is 40.8. The lowest BCUT2D eigenvalue weighted by molar-refractivity contribution is -0.134. The van der Waals surface area contributed by atoms with E-state index in [1.54, 1.807) is 14.2 Å². The minimum Gasteiger partial charge on any atom is -0.377 e. The number of likely N-dealkylation sites (tertiary alicyclic amines) is 1. The molecule has 0 bridgehead atoms. The molecule has 8 nitrogen and oxygen atoms in total. The first-order valence-corrected chi connectivity index (χ1v) is 10.9. The molecule has 8 heteroatoms. The highest BCUT2D eigenvalue weighted by atomic mass is 16.5. The van der Waals surface area contributed by atoms with Crippen LogP contribution in [-0.2, 0) is 14.3 Å². The molecule has 1 amide bonds. The summed E-state index contributed by atoms with van der Waals surface area (Å²) in [4.78, 5) is 29.3. The quantitative estimate of drug-likeness (QED) is 0.685. The van der Waals surface area contributed by atoms with Crippen molar-refractivity contribution in [2.45, 2.75) is 57.0 Å². The van der Waals surface area contributed by atoms with Crippen LogP contribution >= 0.6 is 0 Å². The Hall–Kier alpha value is -2.11. The Kier molecular flexibility index (Phi) is 6.30. The number of rotatable bonds is 5. The number of carbonyl (C=O) groups is 1. The fourth-order valence-corrected chi connectivity index (χ4v) is 5.44. The Morgan fingerprint density at radius 3 is 2.80 bits per heavy atom. The third-order valence-corrected chi connectivity index (χ3v) is 7.04. The monoisotopic (exact) mass is 413 g/mol. The van der Waals surface area contributed by atoms with Crippen molar-refractivity contribution >= 4 is 24.0 Å². The highest BCUT2D eigenvalue weighted by molar-refractivity contribution is 6.12. The van der Waals surface area contributed by atoms with Gasteiger partial charge in [-0.05, 0) is 25.2 Å². The Bertz CT molecular complexity index is 788. The van der Waals surface area contributed by atoms with Crippen molar-refractivity contribution in [3.8, 4) is 6.07 Å². The summed E-state index contributed by atoms with van der Waals surface area (Å²) in [6.45, 7) is 3.37. The summed E-state index contributed by atoms with van der Waals surface area (Å²) in [5, 5.41) is 9.01. The molecule has 0 aromatic heterocycles. The average molecular weight is 414 g/mol. The first-order valence-electron chi connectivity index (χ1n) is 10.9. The summed E-state index contributed by atoms with van der Waals surface area (Å²) < 4.78 is 11.0. The molecule has 0 aliphatic carbocycles. The zero-order valence-corrected chi connectivity index (χ0v) is 18.0. The van der Waals surface area contributed by atoms with E-state index in [1.165, 1.54) is 0 Å². The lowest BCUT2D eigenvalue weighted by Crippen LogP contribution is -2.43. The second-order valence-corrected chi connectivity index (χ2v) is 8.97. The summed E-state index contributed by atoms with van der Waals surface area (Å²) in [5.41, 5.74) is 1.01. The molecule has 162 valence electrons. The number of aliphatic imine (C=N–C) groups is 3. The largest absolute Gasteiger partial charge is 0.377 e. The van der Waals surface area contributed by atoms with Gasteiger partial charge in [-0.3, -0.25) is 19.8 Å². The molecule has 0 N–H and O–H groups in total. The van der Waals surface area contributed by atoms with Crippen molar-refractivity contribution in [2.75, 3.05) is 27.3 Å². The Morgan fingerprint density at radius 2 is 2.07 bits per heavy atom. The van der Waals surface area contributed by atoms with Crippen LogP contribution < -0.4 is 0 Å². The number of methoxy groups -OCH3 is 2. The van der Waals surface area contributed by atoms with Crippen LogP contribution in [0.4, 0.5) is 0 Å². The van der Waals surface area contributed by atoms with Gasteiger partial charge in [-0.2, -0.15) is 5.26 Å². The molecule has 0 saturated carbocycles. The molecule has 4 aliphatic heterocycles. The lowest BCUT2D eigenvalue weighted by Gasteiger charge is -2.36. The van der Waals surface area contributed by atoms with Crippen LogP contribution in [0.1, 0.15) is 32.6 Å². The van der Waals surface area contributed by atoms with Crippen LogP contribution in [0.5, 0.6) is 0 Å². The molecule has 0 aromatic carbocycles. The van der Waals surface area contributed by atoms with Crippen LogP contribution in [0.25, 0.3) is 0 Å². The van der Waals surface area contributed by atoms with Gasteiger partial charge >= 0.3 is 0 Å². The van der Waals surface area contributed by atoms with Gasteiger partial charge in [0, 0.05) is 50.6 Å². The van der Waals surface area contributed by atoms with E-state index >= 15 is 0 Å². The summed E-state index contributed by atoms with van der Waals surface area (Å²) in [7, 11) is 3.34. The van der Waals surface area contributed by atoms with E-state index in [0.717, 1.165) is 25.0 Å². The van der Waals surface area contributed by atoms with Crippen LogP contribution in [0.3, 0.4) is 0 Å². The number of hydrogen-bond donors (Lipinski definition) is 0. The molecule has 4 aliphatic rings. The van der Waals surface area contributed by atoms with E-state index in [-0.39, 0.29) is 54.0 Å². The summed E-state index contributed by atoms with van der Waals surface area (Å²) in [5.74, 6) is 0.641. The number of ether oxygens (including phenoxy) is 2. The number of fused-ring (bicyclic) bond motifs is 1. The lowest BCUT2D eigenvalue weighted by atomic mass is 9.78. The van der Waals surface area contributed by atoms with Gasteiger partial charge in [-0.25, -0.2) is 0 Å². The minimum absolute atomic E-state index is 0.0661. The summed E-state index contributed by atoms with van der Waals surface area (Å²) in [6.07, 6.45) is 6.48. The second kappa shape index (κ2) is 8.94. The van der Waals surface area contributed by atoms with Gasteiger partial charge in [0.2, 0.25) is 5.91 Å². The molecule has 30 heavy (non-hydrogen) atoms. The highest BCUT2D eigenvalue weighted by Gasteiger charge is 2.47. The van der Waals surface area contributed by atoms with E-state index in [1.807, 2.05) is 17.3 Å². The molecule has 1 fully saturated rings. The van der Waals surface area contributed by atoms with E-state index in [0.29, 0.717) is 19.5 Å². The molecule has 0 radical (unpaired) electrons. The van der Waals surface area contributed by atoms with Crippen molar-refractivity contribution < 1.29 is 14.3 Å². The SMILES string of the molecule is COC1CC(C2CC(C)C3C(=O)N(C4CN=CC(CC#N)C4)CC3=N2)C=NC1OC. The Labute approximate surface area is 178 Å². The smallest absolute Gasteiger partial charge is 0.232 e. The number of carbonyl (C=O) groups excluding carboxylic acids is 1. The van der Waals surface area contributed by atoms with E-state index in [4.69, 9.17) is 19.7 Å². The van der Waals surface area contributed by atoms with Gasteiger partial charge in [-0.1, -0.05) is 6.92 Å². The van der Waals surface area contributed by atoms with Gasteiger partial charge in [0.05, 0.1) is 37.2 Å². The maximum atomic E-state index is 13.2. The molecule has 8 unspecified atom stereocenters. The third-order valence-electron chi connectivity index (χ3n) is 7.04. The third kappa shape index (κ3) is 3.93. The van der Waals surface area contributed by atoms with Crippen LogP contribution in [0.2, 0.25) is 0 Å². The van der Waals surface area contributed by atoms with Crippen LogP contribution in [-0.4, -0.2) is 80.7 Å². The van der Waals surface area contributed by atoms with Crippen molar-refractivity contribution in [1.82, 2.24) is 4.90 Å². The van der Waals surface area contributed by atoms with Crippen molar-refractivity contribution in [3.63, 3.8) is 0 Å². The Morgan fingerprint density at radius 1 is 1.23 bits per heavy atom. The molecule has 4 rings (SSSR count). The average Bonchev–Trinajstić information content (AvgIpc) is 3.10. The highest BCUT2D eigenvalue weighted by Crippen LogP contribution is 2.38. The molecule has 8 atom stereocenters. The maximum Gasteiger partial charge on any atom is 0.232 e. The molecule has 1 saturated heterocycles. The van der Waals surface area contributed by atoms with E-state index in [2.05, 4.69) is 23.0 Å². The van der Waals surface area contributed by atoms with Gasteiger partial charge in [0.25, 0.3) is 0 Å². The number of hydrogen-bond acceptors (Lipinski definition) is 7. The first-order chi connectivity index (χ1) is 14.5. The van der Waals surface area contributed by atoms with Crippen molar-refractivity contribution in [2.24, 2.45) is 38.6 Å². The predicted molar refractivity (Wildman–Crippen MR) is 114 cm³/mol. The second-order valence-electron chi connectivity index (χ2n) is 8.97. The van der Waals surface area contributed by atoms with Crippen LogP contribution in [0.15, 0.2) is 15.0 Å². The van der Waals surface area contributed by atoms with Crippen molar-refractivity contribution in [1.29, 1.82) is 5.26 Å². The van der Waals surface area contributed by atoms with E-state index in [9.17, 15) is 4.79 Å². The maximum absolute atomic E-state index is 13.2. The number of nitrogens with zero attached hydrogens (tertiary/aromatic N) is 5.